The van der Waals surface area contributed by atoms with Crippen molar-refractivity contribution in [2.75, 3.05) is 17.3 Å². The first-order chi connectivity index (χ1) is 10.4. The van der Waals surface area contributed by atoms with E-state index in [2.05, 4.69) is 5.32 Å². The van der Waals surface area contributed by atoms with Crippen LogP contribution in [-0.2, 0) is 9.59 Å². The first-order valence-corrected chi connectivity index (χ1v) is 7.76. The first kappa shape index (κ1) is 16.5. The lowest BCUT2D eigenvalue weighted by Crippen LogP contribution is -2.35. The van der Waals surface area contributed by atoms with Gasteiger partial charge in [0.1, 0.15) is 0 Å². The zero-order valence-corrected chi connectivity index (χ0v) is 13.3. The number of amides is 2. The van der Waals surface area contributed by atoms with Crippen molar-refractivity contribution in [3.63, 3.8) is 0 Å². The van der Waals surface area contributed by atoms with E-state index in [-0.39, 0.29) is 18.2 Å². The number of carbonyl (C=O) groups excluding carboxylic acids is 2. The maximum absolute atomic E-state index is 12.1. The predicted octanol–water partition coefficient (Wildman–Crippen LogP) is 2.69. The monoisotopic (exact) mass is 304 g/mol. The standard InChI is InChI=1S/C17H24N2O3/c1-13(20)19(2)15-8-6-14(7-9-15)18-16(21)12-17(22)10-4-3-5-11-17/h6-9,22H,3-5,10-12H2,1-2H3,(H,18,21). The van der Waals surface area contributed by atoms with Gasteiger partial charge in [-0.25, -0.2) is 0 Å². The molecule has 22 heavy (non-hydrogen) atoms. The number of benzene rings is 1. The molecule has 2 amide bonds. The molecule has 0 aliphatic heterocycles. The molecule has 1 aliphatic carbocycles. The number of nitrogens with one attached hydrogen (secondary N) is 1. The fourth-order valence-electron chi connectivity index (χ4n) is 2.84. The van der Waals surface area contributed by atoms with Crippen LogP contribution < -0.4 is 10.2 Å². The molecule has 0 bridgehead atoms. The van der Waals surface area contributed by atoms with Crippen LogP contribution in [0, 0.1) is 0 Å². The smallest absolute Gasteiger partial charge is 0.227 e. The Morgan fingerprint density at radius 2 is 1.77 bits per heavy atom. The van der Waals surface area contributed by atoms with Crippen LogP contribution in [-0.4, -0.2) is 29.6 Å². The lowest BCUT2D eigenvalue weighted by molar-refractivity contribution is -0.122. The van der Waals surface area contributed by atoms with Crippen molar-refractivity contribution in [1.82, 2.24) is 0 Å². The molecular formula is C17H24N2O3. The molecule has 0 unspecified atom stereocenters. The van der Waals surface area contributed by atoms with Gasteiger partial charge in [0.05, 0.1) is 12.0 Å². The van der Waals surface area contributed by atoms with Gasteiger partial charge in [-0.05, 0) is 37.1 Å². The number of aliphatic hydroxyl groups is 1. The summed E-state index contributed by atoms with van der Waals surface area (Å²) in [6.07, 6.45) is 4.63. The van der Waals surface area contributed by atoms with Crippen LogP contribution in [0.3, 0.4) is 0 Å². The fraction of sp³-hybridized carbons (Fsp3) is 0.529. The van der Waals surface area contributed by atoms with Crippen LogP contribution in [0.15, 0.2) is 24.3 Å². The lowest BCUT2D eigenvalue weighted by atomic mass is 9.82. The number of anilines is 2. The van der Waals surface area contributed by atoms with E-state index in [1.165, 1.54) is 11.8 Å². The van der Waals surface area contributed by atoms with Crippen molar-refractivity contribution in [3.05, 3.63) is 24.3 Å². The largest absolute Gasteiger partial charge is 0.389 e. The second-order valence-corrected chi connectivity index (χ2v) is 6.13. The molecule has 1 saturated carbocycles. The summed E-state index contributed by atoms with van der Waals surface area (Å²) in [5.74, 6) is -0.214. The van der Waals surface area contributed by atoms with Gasteiger partial charge >= 0.3 is 0 Å². The van der Waals surface area contributed by atoms with Crippen molar-refractivity contribution < 1.29 is 14.7 Å². The zero-order chi connectivity index (χ0) is 16.2. The summed E-state index contributed by atoms with van der Waals surface area (Å²) in [6, 6.07) is 7.09. The molecule has 5 heteroatoms. The second-order valence-electron chi connectivity index (χ2n) is 6.13. The number of hydrogen-bond donors (Lipinski definition) is 2. The van der Waals surface area contributed by atoms with Gasteiger partial charge in [-0.1, -0.05) is 19.3 Å². The minimum Gasteiger partial charge on any atom is -0.389 e. The molecule has 0 atom stereocenters. The van der Waals surface area contributed by atoms with Gasteiger partial charge in [0.2, 0.25) is 11.8 Å². The van der Waals surface area contributed by atoms with Crippen LogP contribution in [0.4, 0.5) is 11.4 Å². The first-order valence-electron chi connectivity index (χ1n) is 7.76. The summed E-state index contributed by atoms with van der Waals surface area (Å²) in [4.78, 5) is 24.9. The van der Waals surface area contributed by atoms with Gasteiger partial charge in [-0.2, -0.15) is 0 Å². The molecule has 2 N–H and O–H groups in total. The number of carbonyl (C=O) groups is 2. The minimum atomic E-state index is -0.850. The van der Waals surface area contributed by atoms with Gasteiger partial charge in [0.15, 0.2) is 0 Å². The van der Waals surface area contributed by atoms with E-state index in [4.69, 9.17) is 0 Å². The van der Waals surface area contributed by atoms with Gasteiger partial charge in [-0.3, -0.25) is 9.59 Å². The highest BCUT2D eigenvalue weighted by Gasteiger charge is 2.31. The highest BCUT2D eigenvalue weighted by molar-refractivity contribution is 5.93. The maximum Gasteiger partial charge on any atom is 0.227 e. The van der Waals surface area contributed by atoms with E-state index in [9.17, 15) is 14.7 Å². The van der Waals surface area contributed by atoms with Crippen molar-refractivity contribution in [2.24, 2.45) is 0 Å². The third-order valence-electron chi connectivity index (χ3n) is 4.28. The van der Waals surface area contributed by atoms with Gasteiger partial charge in [0.25, 0.3) is 0 Å². The van der Waals surface area contributed by atoms with Crippen LogP contribution in [0.1, 0.15) is 45.4 Å². The van der Waals surface area contributed by atoms with Gasteiger partial charge in [-0.15, -0.1) is 0 Å². The van der Waals surface area contributed by atoms with Crippen LogP contribution >= 0.6 is 0 Å². The van der Waals surface area contributed by atoms with Crippen LogP contribution in [0.25, 0.3) is 0 Å². The Morgan fingerprint density at radius 3 is 2.32 bits per heavy atom. The normalized spacial score (nSPS) is 16.9. The van der Waals surface area contributed by atoms with E-state index in [1.54, 1.807) is 31.3 Å². The van der Waals surface area contributed by atoms with Crippen molar-refractivity contribution in [1.29, 1.82) is 0 Å². The Balaban J connectivity index is 1.93. The summed E-state index contributed by atoms with van der Waals surface area (Å²) >= 11 is 0. The van der Waals surface area contributed by atoms with E-state index in [1.807, 2.05) is 0 Å². The Bertz CT molecular complexity index is 533. The number of nitrogens with zero attached hydrogens (tertiary/aromatic N) is 1. The molecule has 1 aliphatic rings. The van der Waals surface area contributed by atoms with E-state index >= 15 is 0 Å². The summed E-state index contributed by atoms with van der Waals surface area (Å²) in [5.41, 5.74) is 0.596. The zero-order valence-electron chi connectivity index (χ0n) is 13.3. The Morgan fingerprint density at radius 1 is 1.18 bits per heavy atom. The highest BCUT2D eigenvalue weighted by Crippen LogP contribution is 2.31. The molecule has 1 fully saturated rings. The second kappa shape index (κ2) is 6.92. The maximum atomic E-state index is 12.1. The average molecular weight is 304 g/mol. The quantitative estimate of drug-likeness (QED) is 0.898. The van der Waals surface area contributed by atoms with Gasteiger partial charge in [0, 0.05) is 25.3 Å². The summed E-state index contributed by atoms with van der Waals surface area (Å²) in [7, 11) is 1.70. The molecule has 1 aromatic carbocycles. The third-order valence-corrected chi connectivity index (χ3v) is 4.28. The molecule has 2 rings (SSSR count). The molecular weight excluding hydrogens is 280 g/mol. The third kappa shape index (κ3) is 4.31. The number of hydrogen-bond acceptors (Lipinski definition) is 3. The van der Waals surface area contributed by atoms with Gasteiger partial charge < -0.3 is 15.3 Å². The van der Waals surface area contributed by atoms with E-state index < -0.39 is 5.60 Å². The topological polar surface area (TPSA) is 69.6 Å². The molecule has 0 heterocycles. The molecule has 0 saturated heterocycles. The molecule has 0 spiro atoms. The highest BCUT2D eigenvalue weighted by atomic mass is 16.3. The summed E-state index contributed by atoms with van der Waals surface area (Å²) in [6.45, 7) is 1.50. The lowest BCUT2D eigenvalue weighted by Gasteiger charge is -2.31. The summed E-state index contributed by atoms with van der Waals surface area (Å²) < 4.78 is 0. The fourth-order valence-corrected chi connectivity index (χ4v) is 2.84. The van der Waals surface area contributed by atoms with Crippen LogP contribution in [0.5, 0.6) is 0 Å². The summed E-state index contributed by atoms with van der Waals surface area (Å²) in [5, 5.41) is 13.2. The Labute approximate surface area is 131 Å². The molecule has 1 aromatic rings. The van der Waals surface area contributed by atoms with Crippen molar-refractivity contribution in [3.8, 4) is 0 Å². The van der Waals surface area contributed by atoms with Crippen molar-refractivity contribution in [2.45, 2.75) is 51.0 Å². The number of rotatable bonds is 4. The predicted molar refractivity (Wildman–Crippen MR) is 86.8 cm³/mol. The SMILES string of the molecule is CC(=O)N(C)c1ccc(NC(=O)CC2(O)CCCCC2)cc1. The van der Waals surface area contributed by atoms with Crippen molar-refractivity contribution >= 4 is 23.2 Å². The molecule has 0 radical (unpaired) electrons. The van der Waals surface area contributed by atoms with Crippen LogP contribution in [0.2, 0.25) is 0 Å². The molecule has 120 valence electrons. The average Bonchev–Trinajstić information content (AvgIpc) is 2.47. The molecule has 5 nitrogen and oxygen atoms in total. The van der Waals surface area contributed by atoms with E-state index in [0.29, 0.717) is 18.5 Å². The Hall–Kier alpha value is -1.88. The van der Waals surface area contributed by atoms with E-state index in [0.717, 1.165) is 24.9 Å². The molecule has 0 aromatic heterocycles. The Kier molecular flexibility index (Phi) is 5.19. The minimum absolute atomic E-state index is 0.0451.